The largest absolute Gasteiger partial charge is 0.482 e. The van der Waals surface area contributed by atoms with Crippen molar-refractivity contribution in [3.8, 4) is 5.75 Å². The number of benzene rings is 2. The van der Waals surface area contributed by atoms with E-state index < -0.39 is 36.5 Å². The fraction of sp³-hybridized carbons (Fsp3) is 0.150. The van der Waals surface area contributed by atoms with Crippen LogP contribution in [0.1, 0.15) is 5.56 Å². The second kappa shape index (κ2) is 8.74. The summed E-state index contributed by atoms with van der Waals surface area (Å²) in [5.41, 5.74) is 0.871. The molecular weight excluding hydrogens is 405 g/mol. The molecule has 1 amide bonds. The van der Waals surface area contributed by atoms with Crippen LogP contribution in [-0.4, -0.2) is 25.1 Å². The predicted octanol–water partition coefficient (Wildman–Crippen LogP) is 3.45. The number of carbonyl (C=O) groups excluding carboxylic acids is 2. The molecule has 2 aromatic carbocycles. The summed E-state index contributed by atoms with van der Waals surface area (Å²) >= 11 is 5.63. The van der Waals surface area contributed by atoms with Gasteiger partial charge in [0.1, 0.15) is 17.1 Å². The Morgan fingerprint density at radius 3 is 2.69 bits per heavy atom. The first kappa shape index (κ1) is 20.3. The highest BCUT2D eigenvalue weighted by Gasteiger charge is 2.11. The predicted molar refractivity (Wildman–Crippen MR) is 104 cm³/mol. The molecule has 150 valence electrons. The Kier molecular flexibility index (Phi) is 6.13. The van der Waals surface area contributed by atoms with Crippen molar-refractivity contribution in [2.24, 2.45) is 0 Å². The highest BCUT2D eigenvalue weighted by atomic mass is 35.5. The van der Waals surface area contributed by atoms with Gasteiger partial charge < -0.3 is 19.2 Å². The molecule has 0 bridgehead atoms. The van der Waals surface area contributed by atoms with Crippen molar-refractivity contribution in [3.63, 3.8) is 0 Å². The third kappa shape index (κ3) is 5.32. The van der Waals surface area contributed by atoms with Crippen molar-refractivity contribution in [2.45, 2.75) is 6.92 Å². The van der Waals surface area contributed by atoms with Crippen LogP contribution in [0, 0.1) is 12.7 Å². The number of halogens is 2. The summed E-state index contributed by atoms with van der Waals surface area (Å²) in [6.07, 6.45) is 0. The summed E-state index contributed by atoms with van der Waals surface area (Å²) in [6, 6.07) is 9.85. The SMILES string of the molecule is Cc1cc(=O)oc2cc(OCC(=O)OCC(=O)Nc3ccc(F)c(Cl)c3)ccc12. The van der Waals surface area contributed by atoms with Crippen LogP contribution >= 0.6 is 11.6 Å². The first-order valence-corrected chi connectivity index (χ1v) is 8.77. The van der Waals surface area contributed by atoms with E-state index in [1.165, 1.54) is 24.3 Å². The van der Waals surface area contributed by atoms with Crippen LogP contribution in [0.4, 0.5) is 10.1 Å². The van der Waals surface area contributed by atoms with Crippen molar-refractivity contribution in [1.82, 2.24) is 0 Å². The van der Waals surface area contributed by atoms with E-state index in [0.29, 0.717) is 11.3 Å². The van der Waals surface area contributed by atoms with Crippen LogP contribution in [0.15, 0.2) is 51.7 Å². The number of esters is 1. The van der Waals surface area contributed by atoms with Crippen LogP contribution in [0.5, 0.6) is 5.75 Å². The van der Waals surface area contributed by atoms with Crippen molar-refractivity contribution in [3.05, 3.63) is 69.3 Å². The van der Waals surface area contributed by atoms with Gasteiger partial charge in [-0.1, -0.05) is 11.6 Å². The minimum absolute atomic E-state index is 0.144. The smallest absolute Gasteiger partial charge is 0.344 e. The molecule has 29 heavy (non-hydrogen) atoms. The van der Waals surface area contributed by atoms with Gasteiger partial charge in [0.15, 0.2) is 13.2 Å². The van der Waals surface area contributed by atoms with Crippen LogP contribution in [0.3, 0.4) is 0 Å². The Hall–Kier alpha value is -3.39. The number of rotatable bonds is 6. The molecule has 3 aromatic rings. The van der Waals surface area contributed by atoms with Gasteiger partial charge in [0.25, 0.3) is 5.91 Å². The molecule has 7 nitrogen and oxygen atoms in total. The second-order valence-corrected chi connectivity index (χ2v) is 6.44. The monoisotopic (exact) mass is 419 g/mol. The summed E-state index contributed by atoms with van der Waals surface area (Å²) in [4.78, 5) is 35.0. The third-order valence-corrected chi connectivity index (χ3v) is 4.14. The molecule has 0 atom stereocenters. The number of ether oxygens (including phenoxy) is 2. The number of carbonyl (C=O) groups is 2. The lowest BCUT2D eigenvalue weighted by Gasteiger charge is -2.09. The minimum atomic E-state index is -0.775. The number of aryl methyl sites for hydroxylation is 1. The molecule has 1 aromatic heterocycles. The average molecular weight is 420 g/mol. The van der Waals surface area contributed by atoms with Crippen molar-refractivity contribution >= 4 is 40.1 Å². The molecule has 0 aliphatic heterocycles. The molecule has 1 N–H and O–H groups in total. The summed E-state index contributed by atoms with van der Waals surface area (Å²) in [7, 11) is 0. The fourth-order valence-electron chi connectivity index (χ4n) is 2.50. The maximum Gasteiger partial charge on any atom is 0.344 e. The van der Waals surface area contributed by atoms with E-state index in [1.807, 2.05) is 0 Å². The molecular formula is C20H15ClFNO6. The maximum atomic E-state index is 13.1. The zero-order valence-corrected chi connectivity index (χ0v) is 15.9. The second-order valence-electron chi connectivity index (χ2n) is 6.03. The fourth-order valence-corrected chi connectivity index (χ4v) is 2.68. The lowest BCUT2D eigenvalue weighted by molar-refractivity contribution is -0.149. The summed E-state index contributed by atoms with van der Waals surface area (Å²) in [5, 5.41) is 3.02. The number of hydrogen-bond donors (Lipinski definition) is 1. The Morgan fingerprint density at radius 1 is 1.14 bits per heavy atom. The van der Waals surface area contributed by atoms with Gasteiger partial charge in [-0.15, -0.1) is 0 Å². The molecule has 9 heteroatoms. The molecule has 0 saturated heterocycles. The molecule has 1 heterocycles. The van der Waals surface area contributed by atoms with Crippen molar-refractivity contribution < 1.29 is 27.9 Å². The van der Waals surface area contributed by atoms with Gasteiger partial charge in [-0.25, -0.2) is 14.0 Å². The standard InChI is InChI=1S/C20H15ClFNO6/c1-11-6-19(25)29-17-8-13(3-4-14(11)17)27-10-20(26)28-9-18(24)23-12-2-5-16(22)15(21)7-12/h2-8H,9-10H2,1H3,(H,23,24). The Morgan fingerprint density at radius 2 is 1.93 bits per heavy atom. The van der Waals surface area contributed by atoms with Crippen molar-refractivity contribution in [2.75, 3.05) is 18.5 Å². The highest BCUT2D eigenvalue weighted by Crippen LogP contribution is 2.22. The summed E-state index contributed by atoms with van der Waals surface area (Å²) < 4.78 is 28.3. The van der Waals surface area contributed by atoms with E-state index in [0.717, 1.165) is 17.0 Å². The molecule has 0 radical (unpaired) electrons. The van der Waals surface area contributed by atoms with E-state index >= 15 is 0 Å². The Labute approximate surface area is 169 Å². The maximum absolute atomic E-state index is 13.1. The summed E-state index contributed by atoms with van der Waals surface area (Å²) in [5.74, 6) is -1.71. The van der Waals surface area contributed by atoms with Crippen molar-refractivity contribution in [1.29, 1.82) is 0 Å². The van der Waals surface area contributed by atoms with E-state index in [9.17, 15) is 18.8 Å². The van der Waals surface area contributed by atoms with Gasteiger partial charge in [-0.05, 0) is 42.8 Å². The van der Waals surface area contributed by atoms with Gasteiger partial charge in [-0.3, -0.25) is 4.79 Å². The number of fused-ring (bicyclic) bond motifs is 1. The van der Waals surface area contributed by atoms with E-state index in [4.69, 9.17) is 25.5 Å². The zero-order chi connectivity index (χ0) is 21.0. The quantitative estimate of drug-likeness (QED) is 0.485. The molecule has 3 rings (SSSR count). The normalized spacial score (nSPS) is 10.6. The molecule has 0 saturated carbocycles. The third-order valence-electron chi connectivity index (χ3n) is 3.85. The molecule has 0 aliphatic carbocycles. The zero-order valence-electron chi connectivity index (χ0n) is 15.2. The highest BCUT2D eigenvalue weighted by molar-refractivity contribution is 6.31. The first-order valence-electron chi connectivity index (χ1n) is 8.39. The van der Waals surface area contributed by atoms with Crippen LogP contribution in [-0.2, 0) is 14.3 Å². The lowest BCUT2D eigenvalue weighted by Crippen LogP contribution is -2.23. The molecule has 0 aliphatic rings. The first-order chi connectivity index (χ1) is 13.8. The molecule has 0 fully saturated rings. The van der Waals surface area contributed by atoms with Gasteiger partial charge in [0.2, 0.25) is 0 Å². The van der Waals surface area contributed by atoms with Crippen LogP contribution in [0.2, 0.25) is 5.02 Å². The topological polar surface area (TPSA) is 94.8 Å². The van der Waals surface area contributed by atoms with Gasteiger partial charge >= 0.3 is 11.6 Å². The molecule has 0 spiro atoms. The minimum Gasteiger partial charge on any atom is -0.482 e. The van der Waals surface area contributed by atoms with E-state index in [-0.39, 0.29) is 10.7 Å². The Bertz CT molecular complexity index is 1140. The van der Waals surface area contributed by atoms with Crippen LogP contribution in [0.25, 0.3) is 11.0 Å². The number of amides is 1. The Balaban J connectivity index is 1.50. The van der Waals surface area contributed by atoms with E-state index in [2.05, 4.69) is 5.32 Å². The van der Waals surface area contributed by atoms with E-state index in [1.54, 1.807) is 19.1 Å². The number of anilines is 1. The average Bonchev–Trinajstić information content (AvgIpc) is 2.67. The van der Waals surface area contributed by atoms with Gasteiger partial charge in [0, 0.05) is 23.2 Å². The summed E-state index contributed by atoms with van der Waals surface area (Å²) in [6.45, 7) is 0.780. The number of hydrogen-bond acceptors (Lipinski definition) is 6. The lowest BCUT2D eigenvalue weighted by atomic mass is 10.1. The van der Waals surface area contributed by atoms with Gasteiger partial charge in [-0.2, -0.15) is 0 Å². The number of nitrogens with one attached hydrogen (secondary N) is 1. The van der Waals surface area contributed by atoms with Crippen LogP contribution < -0.4 is 15.7 Å². The molecule has 0 unspecified atom stereocenters. The van der Waals surface area contributed by atoms with Gasteiger partial charge in [0.05, 0.1) is 5.02 Å².